The number of ether oxygens (including phenoxy) is 1. The van der Waals surface area contributed by atoms with Crippen molar-refractivity contribution < 1.29 is 14.3 Å². The second-order valence-electron chi connectivity index (χ2n) is 8.30. The number of hydrogen-bond donors (Lipinski definition) is 0. The smallest absolute Gasteiger partial charge is 0.307 e. The zero-order chi connectivity index (χ0) is 19.2. The van der Waals surface area contributed by atoms with Crippen LogP contribution in [-0.2, 0) is 14.9 Å². The van der Waals surface area contributed by atoms with Gasteiger partial charge in [-0.1, -0.05) is 58.6 Å². The minimum atomic E-state index is -0.264. The van der Waals surface area contributed by atoms with Gasteiger partial charge in [-0.15, -0.1) is 0 Å². The minimum absolute atomic E-state index is 0.0289. The van der Waals surface area contributed by atoms with Gasteiger partial charge in [-0.25, -0.2) is 0 Å². The standard InChI is InChI=1S/C22H33NO3/c1-22(2,3)18-13-11-17(12-14-18)21(25)23(16-15-20(24)26-4)19-9-7-5-6-8-10-19/h11-14,19H,5-10,15-16H2,1-4H3. The molecule has 0 N–H and O–H groups in total. The van der Waals surface area contributed by atoms with Gasteiger partial charge in [0.05, 0.1) is 13.5 Å². The summed E-state index contributed by atoms with van der Waals surface area (Å²) >= 11 is 0. The second-order valence-corrected chi connectivity index (χ2v) is 8.30. The normalized spacial score (nSPS) is 16.0. The van der Waals surface area contributed by atoms with Crippen LogP contribution in [0.15, 0.2) is 24.3 Å². The largest absolute Gasteiger partial charge is 0.469 e. The fraction of sp³-hybridized carbons (Fsp3) is 0.636. The molecule has 0 bridgehead atoms. The number of esters is 1. The molecule has 1 aromatic carbocycles. The Kier molecular flexibility index (Phi) is 7.24. The van der Waals surface area contributed by atoms with Crippen LogP contribution >= 0.6 is 0 Å². The van der Waals surface area contributed by atoms with Crippen molar-refractivity contribution in [2.45, 2.75) is 77.2 Å². The van der Waals surface area contributed by atoms with Gasteiger partial charge in [0.25, 0.3) is 5.91 Å². The highest BCUT2D eigenvalue weighted by Crippen LogP contribution is 2.26. The Morgan fingerprint density at radius 3 is 2.12 bits per heavy atom. The maximum absolute atomic E-state index is 13.2. The van der Waals surface area contributed by atoms with Gasteiger partial charge in [-0.2, -0.15) is 0 Å². The van der Waals surface area contributed by atoms with E-state index in [1.165, 1.54) is 25.5 Å². The molecule has 0 saturated heterocycles. The molecule has 1 aliphatic rings. The summed E-state index contributed by atoms with van der Waals surface area (Å²) in [5.41, 5.74) is 1.98. The summed E-state index contributed by atoms with van der Waals surface area (Å²) in [6, 6.07) is 8.14. The molecule has 0 radical (unpaired) electrons. The lowest BCUT2D eigenvalue weighted by molar-refractivity contribution is -0.140. The molecule has 0 aromatic heterocycles. The van der Waals surface area contributed by atoms with Crippen LogP contribution in [0.5, 0.6) is 0 Å². The lowest BCUT2D eigenvalue weighted by atomic mass is 9.86. The number of hydrogen-bond acceptors (Lipinski definition) is 3. The molecule has 1 saturated carbocycles. The molecule has 0 atom stereocenters. The predicted molar refractivity (Wildman–Crippen MR) is 104 cm³/mol. The Hall–Kier alpha value is -1.84. The van der Waals surface area contributed by atoms with Crippen LogP contribution in [0.2, 0.25) is 0 Å². The van der Waals surface area contributed by atoms with Gasteiger partial charge in [0, 0.05) is 18.2 Å². The van der Waals surface area contributed by atoms with Crippen LogP contribution in [0.25, 0.3) is 0 Å². The van der Waals surface area contributed by atoms with E-state index >= 15 is 0 Å². The molecule has 2 rings (SSSR count). The first kappa shape index (κ1) is 20.5. The Balaban J connectivity index is 2.19. The number of rotatable bonds is 5. The van der Waals surface area contributed by atoms with Crippen LogP contribution < -0.4 is 0 Å². The van der Waals surface area contributed by atoms with E-state index in [1.807, 2.05) is 29.2 Å². The van der Waals surface area contributed by atoms with E-state index in [4.69, 9.17) is 4.74 Å². The first-order valence-electron chi connectivity index (χ1n) is 9.81. The van der Waals surface area contributed by atoms with Crippen LogP contribution in [0.3, 0.4) is 0 Å². The summed E-state index contributed by atoms with van der Waals surface area (Å²) < 4.78 is 4.77. The van der Waals surface area contributed by atoms with Gasteiger partial charge in [0.2, 0.25) is 0 Å². The summed E-state index contributed by atoms with van der Waals surface area (Å²) in [4.78, 5) is 26.7. The first-order chi connectivity index (χ1) is 12.3. The predicted octanol–water partition coefficient (Wildman–Crippen LogP) is 4.71. The van der Waals surface area contributed by atoms with Crippen LogP contribution in [0.1, 0.15) is 81.6 Å². The van der Waals surface area contributed by atoms with E-state index in [0.717, 1.165) is 25.7 Å². The molecule has 4 heteroatoms. The molecule has 1 fully saturated rings. The van der Waals surface area contributed by atoms with Crippen LogP contribution in [0, 0.1) is 0 Å². The summed E-state index contributed by atoms with van der Waals surface area (Å²) in [6.07, 6.45) is 7.05. The van der Waals surface area contributed by atoms with Crippen molar-refractivity contribution in [1.29, 1.82) is 0 Å². The Morgan fingerprint density at radius 1 is 1.04 bits per heavy atom. The van der Waals surface area contributed by atoms with Gasteiger partial charge in [0.15, 0.2) is 0 Å². The molecule has 26 heavy (non-hydrogen) atoms. The molecule has 1 aromatic rings. The van der Waals surface area contributed by atoms with E-state index in [0.29, 0.717) is 12.1 Å². The zero-order valence-corrected chi connectivity index (χ0v) is 16.7. The third-order valence-electron chi connectivity index (χ3n) is 5.31. The summed E-state index contributed by atoms with van der Waals surface area (Å²) in [7, 11) is 1.39. The summed E-state index contributed by atoms with van der Waals surface area (Å²) in [5, 5.41) is 0. The third-order valence-corrected chi connectivity index (χ3v) is 5.31. The minimum Gasteiger partial charge on any atom is -0.469 e. The van der Waals surface area contributed by atoms with Gasteiger partial charge in [-0.3, -0.25) is 9.59 Å². The Morgan fingerprint density at radius 2 is 1.62 bits per heavy atom. The molecule has 0 spiro atoms. The highest BCUT2D eigenvalue weighted by atomic mass is 16.5. The van der Waals surface area contributed by atoms with Crippen molar-refractivity contribution in [3.8, 4) is 0 Å². The lowest BCUT2D eigenvalue weighted by Gasteiger charge is -2.31. The van der Waals surface area contributed by atoms with Gasteiger partial charge in [0.1, 0.15) is 0 Å². The average Bonchev–Trinajstić information content (AvgIpc) is 2.90. The van der Waals surface area contributed by atoms with E-state index in [-0.39, 0.29) is 29.8 Å². The number of carbonyl (C=O) groups is 2. The summed E-state index contributed by atoms with van der Waals surface area (Å²) in [6.45, 7) is 6.92. The average molecular weight is 360 g/mol. The zero-order valence-electron chi connectivity index (χ0n) is 16.7. The Bertz CT molecular complexity index is 593. The van der Waals surface area contributed by atoms with Crippen molar-refractivity contribution >= 4 is 11.9 Å². The molecule has 4 nitrogen and oxygen atoms in total. The number of carbonyl (C=O) groups excluding carboxylic acids is 2. The molecule has 0 aliphatic heterocycles. The number of methoxy groups -OCH3 is 1. The quantitative estimate of drug-likeness (QED) is 0.565. The van der Waals surface area contributed by atoms with Crippen molar-refractivity contribution in [3.63, 3.8) is 0 Å². The lowest BCUT2D eigenvalue weighted by Crippen LogP contribution is -2.41. The SMILES string of the molecule is COC(=O)CCN(C(=O)c1ccc(C(C)(C)C)cc1)C1CCCCCC1. The first-order valence-corrected chi connectivity index (χ1v) is 9.81. The monoisotopic (exact) mass is 359 g/mol. The fourth-order valence-corrected chi connectivity index (χ4v) is 3.61. The van der Waals surface area contributed by atoms with Crippen LogP contribution in [-0.4, -0.2) is 36.5 Å². The highest BCUT2D eigenvalue weighted by molar-refractivity contribution is 5.94. The van der Waals surface area contributed by atoms with E-state index in [9.17, 15) is 9.59 Å². The van der Waals surface area contributed by atoms with Crippen molar-refractivity contribution in [2.24, 2.45) is 0 Å². The maximum atomic E-state index is 13.2. The fourth-order valence-electron chi connectivity index (χ4n) is 3.61. The van der Waals surface area contributed by atoms with Crippen molar-refractivity contribution in [2.75, 3.05) is 13.7 Å². The molecule has 1 amide bonds. The van der Waals surface area contributed by atoms with Crippen LogP contribution in [0.4, 0.5) is 0 Å². The number of amides is 1. The Labute approximate surface area is 157 Å². The maximum Gasteiger partial charge on any atom is 0.307 e. The molecular formula is C22H33NO3. The molecule has 0 heterocycles. The summed E-state index contributed by atoms with van der Waals surface area (Å²) in [5.74, 6) is -0.235. The highest BCUT2D eigenvalue weighted by Gasteiger charge is 2.26. The molecule has 0 unspecified atom stereocenters. The molecular weight excluding hydrogens is 326 g/mol. The second kappa shape index (κ2) is 9.20. The number of nitrogens with zero attached hydrogens (tertiary/aromatic N) is 1. The van der Waals surface area contributed by atoms with Crippen molar-refractivity contribution in [1.82, 2.24) is 4.90 Å². The number of benzene rings is 1. The topological polar surface area (TPSA) is 46.6 Å². The van der Waals surface area contributed by atoms with E-state index < -0.39 is 0 Å². The van der Waals surface area contributed by atoms with Gasteiger partial charge >= 0.3 is 5.97 Å². The van der Waals surface area contributed by atoms with E-state index in [1.54, 1.807) is 0 Å². The molecule has 1 aliphatic carbocycles. The third kappa shape index (κ3) is 5.58. The van der Waals surface area contributed by atoms with E-state index in [2.05, 4.69) is 20.8 Å². The van der Waals surface area contributed by atoms with Gasteiger partial charge < -0.3 is 9.64 Å². The van der Waals surface area contributed by atoms with Gasteiger partial charge in [-0.05, 0) is 36.0 Å². The van der Waals surface area contributed by atoms with Crippen molar-refractivity contribution in [3.05, 3.63) is 35.4 Å². The molecule has 144 valence electrons.